The van der Waals surface area contributed by atoms with Crippen molar-refractivity contribution in [1.29, 1.82) is 0 Å². The Labute approximate surface area is 302 Å². The number of aromatic nitrogens is 4. The molecule has 0 bridgehead atoms. The zero-order valence-corrected chi connectivity index (χ0v) is 29.0. The van der Waals surface area contributed by atoms with Gasteiger partial charge in [-0.1, -0.05) is 127 Å². The maximum absolute atomic E-state index is 13.6. The Morgan fingerprint density at radius 2 is 1.40 bits per heavy atom. The van der Waals surface area contributed by atoms with E-state index >= 15 is 0 Å². The smallest absolute Gasteiger partial charge is 0.287 e. The SMILES string of the molecule is CC(NC(=O)c1nc2cc3c(C4=CCC5(CC4)OCCO5)nn(C(c4ccccc4)(c4ccccc4)c4ccccc4)c3cc2[nH]1)c1ccccc1. The van der Waals surface area contributed by atoms with Gasteiger partial charge in [-0.3, -0.25) is 4.79 Å². The van der Waals surface area contributed by atoms with Crippen LogP contribution in [0.5, 0.6) is 0 Å². The highest BCUT2D eigenvalue weighted by Gasteiger charge is 2.42. The Morgan fingerprint density at radius 3 is 1.96 bits per heavy atom. The second kappa shape index (κ2) is 13.1. The molecule has 1 saturated heterocycles. The zero-order valence-electron chi connectivity index (χ0n) is 29.0. The molecule has 2 aliphatic rings. The number of rotatable bonds is 8. The van der Waals surface area contributed by atoms with Gasteiger partial charge in [-0.25, -0.2) is 9.67 Å². The van der Waals surface area contributed by atoms with E-state index in [-0.39, 0.29) is 17.8 Å². The van der Waals surface area contributed by atoms with Crippen LogP contribution in [-0.2, 0) is 15.0 Å². The number of H-pyrrole nitrogens is 1. The predicted octanol–water partition coefficient (Wildman–Crippen LogP) is 8.55. The fourth-order valence-corrected chi connectivity index (χ4v) is 8.00. The summed E-state index contributed by atoms with van der Waals surface area (Å²) in [6.45, 7) is 3.21. The minimum absolute atomic E-state index is 0.182. The molecule has 52 heavy (non-hydrogen) atoms. The molecule has 258 valence electrons. The third-order valence-corrected chi connectivity index (χ3v) is 10.6. The second-order valence-corrected chi connectivity index (χ2v) is 13.7. The number of allylic oxidation sites excluding steroid dienone is 1. The molecule has 8 nitrogen and oxygen atoms in total. The van der Waals surface area contributed by atoms with Gasteiger partial charge in [0.05, 0.1) is 41.5 Å². The summed E-state index contributed by atoms with van der Waals surface area (Å²) >= 11 is 0. The Morgan fingerprint density at radius 1 is 0.827 bits per heavy atom. The lowest BCUT2D eigenvalue weighted by molar-refractivity contribution is -0.159. The molecule has 1 amide bonds. The molecule has 1 spiro atoms. The number of benzene rings is 5. The first-order valence-electron chi connectivity index (χ1n) is 18.0. The second-order valence-electron chi connectivity index (χ2n) is 13.7. The Hall–Kier alpha value is -5.83. The standard InChI is InChI=1S/C44H39N5O3/c1-30(31-14-6-2-7-15-31)45-42(50)41-46-37-28-36-39(29-38(37)47-41)49(48-40(36)32-22-24-43(25-23-32)51-26-27-52-43)44(33-16-8-3-9-17-33,34-18-10-4-11-19-34)35-20-12-5-13-21-35/h2-22,28-30H,23-27H2,1H3,(H,45,50)(H,46,47). The van der Waals surface area contributed by atoms with Gasteiger partial charge in [0.1, 0.15) is 5.54 Å². The van der Waals surface area contributed by atoms with Crippen molar-refractivity contribution in [2.75, 3.05) is 13.2 Å². The molecular weight excluding hydrogens is 647 g/mol. The predicted molar refractivity (Wildman–Crippen MR) is 203 cm³/mol. The van der Waals surface area contributed by atoms with Crippen molar-refractivity contribution in [3.05, 3.63) is 173 Å². The van der Waals surface area contributed by atoms with Gasteiger partial charge in [-0.15, -0.1) is 0 Å². The molecule has 0 radical (unpaired) electrons. The molecule has 5 aromatic carbocycles. The summed E-state index contributed by atoms with van der Waals surface area (Å²) in [5.41, 5.74) is 7.82. The van der Waals surface area contributed by atoms with Crippen LogP contribution in [-0.4, -0.2) is 44.7 Å². The average molecular weight is 686 g/mol. The van der Waals surface area contributed by atoms with Crippen molar-refractivity contribution in [1.82, 2.24) is 25.1 Å². The minimum atomic E-state index is -0.840. The van der Waals surface area contributed by atoms with Gasteiger partial charge in [-0.2, -0.15) is 5.10 Å². The van der Waals surface area contributed by atoms with E-state index in [1.54, 1.807) is 0 Å². The molecule has 1 fully saturated rings. The number of nitrogens with one attached hydrogen (secondary N) is 2. The number of nitrogens with zero attached hydrogens (tertiary/aromatic N) is 3. The summed E-state index contributed by atoms with van der Waals surface area (Å²) in [5.74, 6) is -0.554. The van der Waals surface area contributed by atoms with E-state index in [1.165, 1.54) is 0 Å². The Bertz CT molecular complexity index is 2300. The quantitative estimate of drug-likeness (QED) is 0.156. The molecule has 1 atom stereocenters. The van der Waals surface area contributed by atoms with Gasteiger partial charge in [0.2, 0.25) is 0 Å². The molecule has 1 aliphatic carbocycles. The Kier molecular flexibility index (Phi) is 8.06. The van der Waals surface area contributed by atoms with Crippen LogP contribution >= 0.6 is 0 Å². The van der Waals surface area contributed by atoms with Crippen LogP contribution in [0.3, 0.4) is 0 Å². The van der Waals surface area contributed by atoms with Crippen LogP contribution in [0.15, 0.2) is 140 Å². The molecule has 0 saturated carbocycles. The van der Waals surface area contributed by atoms with Crippen LogP contribution in [0.2, 0.25) is 0 Å². The molecule has 2 N–H and O–H groups in total. The van der Waals surface area contributed by atoms with E-state index in [4.69, 9.17) is 19.6 Å². The largest absolute Gasteiger partial charge is 0.347 e. The van der Waals surface area contributed by atoms with Crippen molar-refractivity contribution in [3.63, 3.8) is 0 Å². The van der Waals surface area contributed by atoms with E-state index in [0.717, 1.165) is 62.8 Å². The lowest BCUT2D eigenvalue weighted by Gasteiger charge is -2.37. The number of carbonyl (C=O) groups is 1. The number of carbonyl (C=O) groups excluding carboxylic acids is 1. The van der Waals surface area contributed by atoms with Gasteiger partial charge in [-0.05, 0) is 53.3 Å². The van der Waals surface area contributed by atoms with Crippen LogP contribution in [0.4, 0.5) is 0 Å². The molecule has 3 heterocycles. The highest BCUT2D eigenvalue weighted by Crippen LogP contribution is 2.46. The maximum atomic E-state index is 13.6. The number of ether oxygens (including phenoxy) is 2. The molecule has 2 aromatic heterocycles. The first-order chi connectivity index (χ1) is 25.5. The van der Waals surface area contributed by atoms with Crippen molar-refractivity contribution in [2.45, 2.75) is 43.6 Å². The summed E-state index contributed by atoms with van der Waals surface area (Å²) in [7, 11) is 0. The lowest BCUT2D eigenvalue weighted by Crippen LogP contribution is -2.38. The van der Waals surface area contributed by atoms with E-state index in [9.17, 15) is 4.79 Å². The third kappa shape index (κ3) is 5.43. The van der Waals surface area contributed by atoms with Gasteiger partial charge >= 0.3 is 0 Å². The molecule has 8 heteroatoms. The van der Waals surface area contributed by atoms with Gasteiger partial charge in [0.15, 0.2) is 11.6 Å². The first-order valence-corrected chi connectivity index (χ1v) is 18.0. The lowest BCUT2D eigenvalue weighted by atomic mass is 9.77. The van der Waals surface area contributed by atoms with Crippen molar-refractivity contribution in [3.8, 4) is 0 Å². The van der Waals surface area contributed by atoms with Gasteiger partial charge in [0.25, 0.3) is 5.91 Å². The zero-order chi connectivity index (χ0) is 35.1. The first kappa shape index (κ1) is 32.1. The van der Waals surface area contributed by atoms with Crippen LogP contribution in [0.25, 0.3) is 27.5 Å². The number of aromatic amines is 1. The van der Waals surface area contributed by atoms with E-state index in [1.807, 2.05) is 55.5 Å². The number of imidazole rings is 1. The number of amides is 1. The summed E-state index contributed by atoms with van der Waals surface area (Å²) < 4.78 is 14.3. The fourth-order valence-electron chi connectivity index (χ4n) is 8.00. The molecule has 7 aromatic rings. The van der Waals surface area contributed by atoms with Crippen LogP contribution in [0, 0.1) is 0 Å². The molecular formula is C44H39N5O3. The van der Waals surface area contributed by atoms with Crippen LogP contribution < -0.4 is 5.32 Å². The fraction of sp³-hybridized carbons (Fsp3) is 0.205. The normalized spacial score (nSPS) is 16.3. The van der Waals surface area contributed by atoms with E-state index in [0.29, 0.717) is 25.2 Å². The monoisotopic (exact) mass is 685 g/mol. The topological polar surface area (TPSA) is 94.1 Å². The molecule has 1 unspecified atom stereocenters. The van der Waals surface area contributed by atoms with Crippen molar-refractivity contribution < 1.29 is 14.3 Å². The molecule has 9 rings (SSSR count). The summed E-state index contributed by atoms with van der Waals surface area (Å²) in [5, 5.41) is 9.69. The van der Waals surface area contributed by atoms with Crippen molar-refractivity contribution >= 4 is 33.4 Å². The number of fused-ring (bicyclic) bond motifs is 2. The third-order valence-electron chi connectivity index (χ3n) is 10.6. The van der Waals surface area contributed by atoms with E-state index in [2.05, 4.69) is 106 Å². The Balaban J connectivity index is 1.27. The molecule has 1 aliphatic heterocycles. The number of hydrogen-bond donors (Lipinski definition) is 2. The van der Waals surface area contributed by atoms with E-state index < -0.39 is 11.3 Å². The van der Waals surface area contributed by atoms with Gasteiger partial charge < -0.3 is 19.8 Å². The summed E-state index contributed by atoms with van der Waals surface area (Å²) in [6, 6.07) is 45.6. The highest BCUT2D eigenvalue weighted by atomic mass is 16.7. The average Bonchev–Trinajstić information content (AvgIpc) is 3.94. The number of hydrogen-bond acceptors (Lipinski definition) is 5. The summed E-state index contributed by atoms with van der Waals surface area (Å²) in [6.07, 6.45) is 4.40. The van der Waals surface area contributed by atoms with Gasteiger partial charge in [0, 0.05) is 18.2 Å². The maximum Gasteiger partial charge on any atom is 0.287 e. The minimum Gasteiger partial charge on any atom is -0.347 e. The highest BCUT2D eigenvalue weighted by molar-refractivity contribution is 6.02. The van der Waals surface area contributed by atoms with Crippen LogP contribution in [0.1, 0.15) is 70.8 Å². The van der Waals surface area contributed by atoms with Crippen molar-refractivity contribution in [2.24, 2.45) is 0 Å². The summed E-state index contributed by atoms with van der Waals surface area (Å²) in [4.78, 5) is 21.8.